The van der Waals surface area contributed by atoms with Gasteiger partial charge in [0.2, 0.25) is 0 Å². The van der Waals surface area contributed by atoms with Crippen LogP contribution in [0.5, 0.6) is 0 Å². The summed E-state index contributed by atoms with van der Waals surface area (Å²) >= 11 is 0. The number of aliphatic hydroxyl groups is 1. The third kappa shape index (κ3) is 78.0. The van der Waals surface area contributed by atoms with Crippen molar-refractivity contribution in [1.82, 2.24) is 0 Å². The smallest absolute Gasteiger partial charge is 0.462 e. The minimum Gasteiger partial charge on any atom is -0.462 e. The summed E-state index contributed by atoms with van der Waals surface area (Å²) in [7, 11) is -10.0. The zero-order valence-corrected chi connectivity index (χ0v) is 68.5. The fourth-order valence-corrected chi connectivity index (χ4v) is 11.5. The van der Waals surface area contributed by atoms with E-state index in [9.17, 15) is 43.2 Å². The minimum atomic E-state index is -5.03. The molecule has 5 unspecified atom stereocenters. The van der Waals surface area contributed by atoms with Crippen LogP contribution in [0.3, 0.4) is 0 Å². The standard InChI is InChI=1S/C89H142O17P2/c1-5-9-13-17-21-25-29-33-37-39-41-43-47-50-54-58-62-66-70-74-87(92)100-80-85(106-89(94)76-72-68-64-60-56-52-48-44-42-40-38-34-30-26-22-18-14-10-6-2)82-104-108(97,98)102-78-83(90)77-101-107(95,96)103-81-84(105-88(93)75-71-67-63-59-55-51-46-36-32-28-24-20-16-12-8-4)79-99-86(91)73-69-65-61-57-53-49-45-35-31-27-23-19-15-11-7-3/h9-10,13-14,21-28,33-38,41-46,50,52,54,56,62,64,66,68,83-85,90H,5-8,11-12,15-20,29-32,39-40,47-49,51,53,55,57-61,63,65,67,69-82H2,1-4H3,(H,95,96)(H,97,98)/b13-9-,14-10-,25-21-,26-22-,27-23-,28-24-,37-33-,38-34-,43-41-,44-42-,45-35-,46-36-,54-50-,56-52-,66-62-,68-64-. The molecule has 0 aromatic heterocycles. The molecule has 0 aliphatic carbocycles. The third-order valence-electron chi connectivity index (χ3n) is 16.1. The first-order valence-electron chi connectivity index (χ1n) is 40.7. The number of esters is 4. The molecule has 19 heteroatoms. The maximum absolute atomic E-state index is 13.1. The van der Waals surface area contributed by atoms with Crippen LogP contribution < -0.4 is 0 Å². The van der Waals surface area contributed by atoms with E-state index in [0.29, 0.717) is 38.5 Å². The molecule has 0 radical (unpaired) electrons. The number of unbranched alkanes of at least 4 members (excludes halogenated alkanes) is 16. The fourth-order valence-electron chi connectivity index (χ4n) is 9.92. The molecule has 5 atom stereocenters. The molecule has 610 valence electrons. The molecule has 0 saturated carbocycles. The average molecular weight is 1550 g/mol. The number of hydrogen-bond donors (Lipinski definition) is 3. The van der Waals surface area contributed by atoms with E-state index in [1.807, 2.05) is 36.5 Å². The van der Waals surface area contributed by atoms with Crippen LogP contribution in [-0.4, -0.2) is 96.7 Å². The van der Waals surface area contributed by atoms with Gasteiger partial charge in [-0.1, -0.05) is 286 Å². The van der Waals surface area contributed by atoms with Crippen LogP contribution in [-0.2, 0) is 65.4 Å². The summed E-state index contributed by atoms with van der Waals surface area (Å²) in [6, 6.07) is 0. The molecule has 0 bridgehead atoms. The molecule has 0 amide bonds. The first-order valence-corrected chi connectivity index (χ1v) is 43.7. The van der Waals surface area contributed by atoms with Crippen molar-refractivity contribution < 1.29 is 80.2 Å². The van der Waals surface area contributed by atoms with Crippen LogP contribution in [0.25, 0.3) is 0 Å². The Labute approximate surface area is 653 Å². The van der Waals surface area contributed by atoms with E-state index < -0.39 is 97.5 Å². The number of ether oxygens (including phenoxy) is 4. The number of carbonyl (C=O) groups is 4. The van der Waals surface area contributed by atoms with Crippen LogP contribution in [0.4, 0.5) is 0 Å². The lowest BCUT2D eigenvalue weighted by atomic mass is 10.1. The van der Waals surface area contributed by atoms with Crippen molar-refractivity contribution >= 4 is 39.5 Å². The average Bonchev–Trinajstić information content (AvgIpc) is 0.896. The van der Waals surface area contributed by atoms with Gasteiger partial charge in [-0.25, -0.2) is 9.13 Å². The Morgan fingerprint density at radius 3 is 0.815 bits per heavy atom. The zero-order chi connectivity index (χ0) is 78.9. The van der Waals surface area contributed by atoms with Gasteiger partial charge in [0.25, 0.3) is 0 Å². The first-order chi connectivity index (χ1) is 52.7. The van der Waals surface area contributed by atoms with Gasteiger partial charge in [-0.05, 0) is 167 Å². The van der Waals surface area contributed by atoms with Crippen LogP contribution in [0, 0.1) is 0 Å². The summed E-state index contributed by atoms with van der Waals surface area (Å²) in [6.07, 6.45) is 97.2. The van der Waals surface area contributed by atoms with Gasteiger partial charge in [0, 0.05) is 25.7 Å². The van der Waals surface area contributed by atoms with E-state index in [-0.39, 0.29) is 25.7 Å². The summed E-state index contributed by atoms with van der Waals surface area (Å²) in [5.41, 5.74) is 0. The van der Waals surface area contributed by atoms with Crippen LogP contribution in [0.1, 0.15) is 285 Å². The molecule has 0 heterocycles. The quantitative estimate of drug-likeness (QED) is 0.0169. The topological polar surface area (TPSA) is 237 Å². The number of phosphoric ester groups is 2. The highest BCUT2D eigenvalue weighted by molar-refractivity contribution is 7.47. The van der Waals surface area contributed by atoms with Crippen LogP contribution in [0.2, 0.25) is 0 Å². The Bertz CT molecular complexity index is 2810. The van der Waals surface area contributed by atoms with Gasteiger partial charge in [0.1, 0.15) is 19.3 Å². The zero-order valence-electron chi connectivity index (χ0n) is 66.7. The van der Waals surface area contributed by atoms with E-state index in [1.165, 1.54) is 38.5 Å². The molecule has 0 aliphatic rings. The third-order valence-corrected chi connectivity index (χ3v) is 18.0. The largest absolute Gasteiger partial charge is 0.472 e. The number of hydrogen-bond acceptors (Lipinski definition) is 15. The second kappa shape index (κ2) is 79.0. The van der Waals surface area contributed by atoms with Crippen molar-refractivity contribution in [2.45, 2.75) is 303 Å². The second-order valence-electron chi connectivity index (χ2n) is 26.2. The Morgan fingerprint density at radius 2 is 0.500 bits per heavy atom. The summed E-state index contributed by atoms with van der Waals surface area (Å²) in [6.45, 7) is 4.37. The fraction of sp³-hybridized carbons (Fsp3) is 0.596. The maximum atomic E-state index is 13.1. The van der Waals surface area contributed by atoms with Crippen molar-refractivity contribution in [2.24, 2.45) is 0 Å². The first kappa shape index (κ1) is 102. The molecule has 108 heavy (non-hydrogen) atoms. The van der Waals surface area contributed by atoms with Crippen molar-refractivity contribution in [3.8, 4) is 0 Å². The Balaban J connectivity index is 5.56. The van der Waals surface area contributed by atoms with Crippen LogP contribution >= 0.6 is 15.6 Å². The number of rotatable bonds is 74. The lowest BCUT2D eigenvalue weighted by molar-refractivity contribution is -0.161. The normalized spacial score (nSPS) is 14.8. The summed E-state index contributed by atoms with van der Waals surface area (Å²) in [5, 5.41) is 10.7. The SMILES string of the molecule is CC/C=C\C/C=C\C/C=C\C/C=C\C/C=C\C/C=C\CCC(=O)OCC(COP(=O)(O)OCC(O)COP(=O)(O)OCC(COC(=O)CCCCCCC/C=C\C/C=C\CCCCC)OC(=O)CCCCCCC/C=C\C/C=C\CCCCC)OC(=O)CC/C=C\C/C=C\C/C=C\C/C=C\C/C=C\C/C=C\CC. The van der Waals surface area contributed by atoms with Gasteiger partial charge in [0.05, 0.1) is 26.4 Å². The van der Waals surface area contributed by atoms with E-state index in [4.69, 9.17) is 37.0 Å². The molecule has 0 saturated heterocycles. The Kier molecular flexibility index (Phi) is 74.5. The Hall–Kier alpha value is -6.10. The van der Waals surface area contributed by atoms with Gasteiger partial charge < -0.3 is 33.8 Å². The van der Waals surface area contributed by atoms with Crippen LogP contribution in [0.15, 0.2) is 194 Å². The predicted octanol–water partition coefficient (Wildman–Crippen LogP) is 24.1. The lowest BCUT2D eigenvalue weighted by Crippen LogP contribution is -2.30. The monoisotopic (exact) mass is 1540 g/mol. The van der Waals surface area contributed by atoms with Gasteiger partial charge >= 0.3 is 39.5 Å². The molecule has 0 spiro atoms. The van der Waals surface area contributed by atoms with Gasteiger partial charge in [0.15, 0.2) is 12.2 Å². The number of allylic oxidation sites excluding steroid dienone is 32. The van der Waals surface area contributed by atoms with Crippen molar-refractivity contribution in [1.29, 1.82) is 0 Å². The van der Waals surface area contributed by atoms with Crippen molar-refractivity contribution in [2.75, 3.05) is 39.6 Å². The molecule has 0 aromatic rings. The summed E-state index contributed by atoms with van der Waals surface area (Å²) in [5.74, 6) is -2.42. The molecule has 0 aromatic carbocycles. The number of aliphatic hydroxyl groups excluding tert-OH is 1. The number of phosphoric acid groups is 2. The highest BCUT2D eigenvalue weighted by atomic mass is 31.2. The van der Waals surface area contributed by atoms with Gasteiger partial charge in [-0.15, -0.1) is 0 Å². The minimum absolute atomic E-state index is 0.0117. The second-order valence-corrected chi connectivity index (χ2v) is 29.1. The molecule has 3 N–H and O–H groups in total. The molecular weight excluding hydrogens is 1400 g/mol. The maximum Gasteiger partial charge on any atom is 0.472 e. The van der Waals surface area contributed by atoms with E-state index in [0.717, 1.165) is 154 Å². The molecule has 0 aliphatic heterocycles. The van der Waals surface area contributed by atoms with Gasteiger partial charge in [-0.2, -0.15) is 0 Å². The molecular formula is C89H142O17P2. The van der Waals surface area contributed by atoms with E-state index >= 15 is 0 Å². The summed E-state index contributed by atoms with van der Waals surface area (Å²) in [4.78, 5) is 73.0. The molecule has 0 fully saturated rings. The lowest BCUT2D eigenvalue weighted by Gasteiger charge is -2.21. The van der Waals surface area contributed by atoms with E-state index in [1.54, 1.807) is 0 Å². The molecule has 0 rings (SSSR count). The highest BCUT2D eigenvalue weighted by Crippen LogP contribution is 2.45. The van der Waals surface area contributed by atoms with Crippen molar-refractivity contribution in [3.63, 3.8) is 0 Å². The summed E-state index contributed by atoms with van der Waals surface area (Å²) < 4.78 is 68.5. The van der Waals surface area contributed by atoms with E-state index in [2.05, 4.69) is 186 Å². The van der Waals surface area contributed by atoms with Gasteiger partial charge in [-0.3, -0.25) is 37.3 Å². The molecule has 17 nitrogen and oxygen atoms in total. The van der Waals surface area contributed by atoms with Crippen molar-refractivity contribution in [3.05, 3.63) is 194 Å². The number of carbonyl (C=O) groups excluding carboxylic acids is 4. The highest BCUT2D eigenvalue weighted by Gasteiger charge is 2.30. The Morgan fingerprint density at radius 1 is 0.269 bits per heavy atom. The predicted molar refractivity (Wildman–Crippen MR) is 445 cm³/mol.